The normalized spacial score (nSPS) is 10.6. The summed E-state index contributed by atoms with van der Waals surface area (Å²) in [6, 6.07) is 19.9. The second-order valence-corrected chi connectivity index (χ2v) is 6.74. The molecule has 0 unspecified atom stereocenters. The van der Waals surface area contributed by atoms with Crippen LogP contribution in [0.5, 0.6) is 5.75 Å². The van der Waals surface area contributed by atoms with Gasteiger partial charge in [0.05, 0.1) is 6.61 Å². The monoisotopic (exact) mass is 352 g/mol. The van der Waals surface area contributed by atoms with Crippen molar-refractivity contribution in [1.82, 2.24) is 9.97 Å². The van der Waals surface area contributed by atoms with E-state index >= 15 is 0 Å². The molecule has 0 bridgehead atoms. The number of nitrogens with one attached hydrogen (secondary N) is 1. The van der Waals surface area contributed by atoms with Crippen molar-refractivity contribution in [3.63, 3.8) is 0 Å². The Bertz CT molecular complexity index is 878. The van der Waals surface area contributed by atoms with E-state index in [4.69, 9.17) is 4.74 Å². The van der Waals surface area contributed by atoms with Crippen LogP contribution in [0.3, 0.4) is 0 Å². The van der Waals surface area contributed by atoms with Crippen LogP contribution in [-0.2, 0) is 6.42 Å². The third kappa shape index (κ3) is 5.22. The van der Waals surface area contributed by atoms with Crippen molar-refractivity contribution in [2.45, 2.75) is 18.5 Å². The van der Waals surface area contributed by atoms with E-state index in [0.29, 0.717) is 17.5 Å². The third-order valence-electron chi connectivity index (χ3n) is 3.64. The largest absolute Gasteiger partial charge is 0.492 e. The molecular formula is C20H20N2O2S. The van der Waals surface area contributed by atoms with E-state index in [0.717, 1.165) is 17.9 Å². The van der Waals surface area contributed by atoms with Crippen molar-refractivity contribution in [3.8, 4) is 5.75 Å². The molecule has 0 fully saturated rings. The number of hydrogen-bond acceptors (Lipinski definition) is 4. The maximum absolute atomic E-state index is 11.4. The number of ether oxygens (including phenoxy) is 1. The number of hydrogen-bond donors (Lipinski definition) is 1. The molecule has 0 spiro atoms. The van der Waals surface area contributed by atoms with Crippen LogP contribution in [-0.4, -0.2) is 22.3 Å². The Hall–Kier alpha value is -2.53. The predicted molar refractivity (Wildman–Crippen MR) is 102 cm³/mol. The molecule has 5 heteroatoms. The highest BCUT2D eigenvalue weighted by atomic mass is 32.2. The molecule has 0 amide bonds. The van der Waals surface area contributed by atoms with Crippen LogP contribution in [0, 0.1) is 6.92 Å². The van der Waals surface area contributed by atoms with E-state index < -0.39 is 0 Å². The molecule has 25 heavy (non-hydrogen) atoms. The first-order valence-electron chi connectivity index (χ1n) is 8.16. The quantitative estimate of drug-likeness (QED) is 0.399. The van der Waals surface area contributed by atoms with E-state index in [1.165, 1.54) is 29.0 Å². The van der Waals surface area contributed by atoms with E-state index in [1.54, 1.807) is 0 Å². The Balaban J connectivity index is 1.57. The molecule has 1 N–H and O–H groups in total. The number of H-pyrrole nitrogens is 1. The molecule has 4 nitrogen and oxygen atoms in total. The summed E-state index contributed by atoms with van der Waals surface area (Å²) in [5.41, 5.74) is 3.03. The topological polar surface area (TPSA) is 55.0 Å². The molecule has 128 valence electrons. The van der Waals surface area contributed by atoms with Crippen LogP contribution < -0.4 is 10.3 Å². The van der Waals surface area contributed by atoms with Crippen LogP contribution in [0.1, 0.15) is 16.8 Å². The van der Waals surface area contributed by atoms with Crippen LogP contribution in [0.2, 0.25) is 0 Å². The van der Waals surface area contributed by atoms with Gasteiger partial charge in [0.25, 0.3) is 5.56 Å². The Morgan fingerprint density at radius 2 is 1.84 bits per heavy atom. The van der Waals surface area contributed by atoms with Gasteiger partial charge in [0.2, 0.25) is 0 Å². The lowest BCUT2D eigenvalue weighted by atomic mass is 10.0. The zero-order valence-electron chi connectivity index (χ0n) is 14.1. The number of aromatic amines is 1. The van der Waals surface area contributed by atoms with Gasteiger partial charge < -0.3 is 9.72 Å². The maximum atomic E-state index is 11.4. The van der Waals surface area contributed by atoms with Gasteiger partial charge in [-0.2, -0.15) is 0 Å². The smallest absolute Gasteiger partial charge is 0.251 e. The number of para-hydroxylation sites is 1. The minimum atomic E-state index is -0.121. The summed E-state index contributed by atoms with van der Waals surface area (Å²) >= 11 is 1.49. The van der Waals surface area contributed by atoms with E-state index in [-0.39, 0.29) is 5.56 Å². The molecule has 0 atom stereocenters. The van der Waals surface area contributed by atoms with Gasteiger partial charge in [0.15, 0.2) is 5.16 Å². The van der Waals surface area contributed by atoms with Crippen LogP contribution >= 0.6 is 11.8 Å². The third-order valence-corrected chi connectivity index (χ3v) is 4.48. The molecule has 3 rings (SSSR count). The fraction of sp³-hybridized carbons (Fsp3) is 0.200. The number of aromatic nitrogens is 2. The zero-order valence-corrected chi connectivity index (χ0v) is 14.9. The molecule has 0 aliphatic heterocycles. The first-order valence-corrected chi connectivity index (χ1v) is 9.15. The fourth-order valence-electron chi connectivity index (χ4n) is 2.52. The number of aryl methyl sites for hydroxylation is 1. The first kappa shape index (κ1) is 17.3. The minimum Gasteiger partial charge on any atom is -0.492 e. The van der Waals surface area contributed by atoms with E-state index in [1.807, 2.05) is 43.3 Å². The van der Waals surface area contributed by atoms with Crippen molar-refractivity contribution in [3.05, 3.63) is 87.8 Å². The standard InChI is InChI=1S/C20H20N2O2S/c1-15-13-19(23)22-20(21-15)25-12-11-24-18-10-6-5-9-17(18)14-16-7-3-2-4-8-16/h2-10,13H,11-12,14H2,1H3,(H,21,22,23). The average Bonchev–Trinajstić information content (AvgIpc) is 2.60. The van der Waals surface area contributed by atoms with Gasteiger partial charge in [-0.05, 0) is 24.1 Å². The van der Waals surface area contributed by atoms with Gasteiger partial charge in [-0.3, -0.25) is 4.79 Å². The van der Waals surface area contributed by atoms with E-state index in [2.05, 4.69) is 28.2 Å². The van der Waals surface area contributed by atoms with E-state index in [9.17, 15) is 4.79 Å². The number of rotatable bonds is 7. The number of nitrogens with zero attached hydrogens (tertiary/aromatic N) is 1. The second kappa shape index (κ2) is 8.53. The second-order valence-electron chi connectivity index (χ2n) is 5.66. The van der Waals surface area contributed by atoms with Crippen LogP contribution in [0.25, 0.3) is 0 Å². The average molecular weight is 352 g/mol. The first-order chi connectivity index (χ1) is 12.2. The summed E-state index contributed by atoms with van der Waals surface area (Å²) in [7, 11) is 0. The molecule has 0 aliphatic carbocycles. The molecule has 2 aromatic carbocycles. The van der Waals surface area contributed by atoms with Gasteiger partial charge in [-0.15, -0.1) is 0 Å². The van der Waals surface area contributed by atoms with Gasteiger partial charge in [0, 0.05) is 23.9 Å². The van der Waals surface area contributed by atoms with Crippen molar-refractivity contribution in [1.29, 1.82) is 0 Å². The molecule has 1 heterocycles. The Morgan fingerprint density at radius 3 is 2.64 bits per heavy atom. The number of benzene rings is 2. The fourth-order valence-corrected chi connectivity index (χ4v) is 3.26. The molecule has 0 saturated carbocycles. The predicted octanol–water partition coefficient (Wildman–Crippen LogP) is 3.84. The molecule has 0 aliphatic rings. The SMILES string of the molecule is Cc1cc(=O)[nH]c(SCCOc2ccccc2Cc2ccccc2)n1. The van der Waals surface area contributed by atoms with Crippen molar-refractivity contribution in [2.75, 3.05) is 12.4 Å². The van der Waals surface area contributed by atoms with Gasteiger partial charge in [0.1, 0.15) is 5.75 Å². The summed E-state index contributed by atoms with van der Waals surface area (Å²) in [6.45, 7) is 2.36. The Kier molecular flexibility index (Phi) is 5.90. The highest BCUT2D eigenvalue weighted by Crippen LogP contribution is 2.22. The van der Waals surface area contributed by atoms with Gasteiger partial charge in [-0.1, -0.05) is 60.3 Å². The molecular weight excluding hydrogens is 332 g/mol. The van der Waals surface area contributed by atoms with Crippen molar-refractivity contribution in [2.24, 2.45) is 0 Å². The van der Waals surface area contributed by atoms with Crippen LogP contribution in [0.4, 0.5) is 0 Å². The van der Waals surface area contributed by atoms with Crippen molar-refractivity contribution < 1.29 is 4.74 Å². The minimum absolute atomic E-state index is 0.121. The van der Waals surface area contributed by atoms with Crippen LogP contribution in [0.15, 0.2) is 70.6 Å². The van der Waals surface area contributed by atoms with Crippen molar-refractivity contribution >= 4 is 11.8 Å². The summed E-state index contributed by atoms with van der Waals surface area (Å²) < 4.78 is 5.95. The zero-order chi connectivity index (χ0) is 17.5. The summed E-state index contributed by atoms with van der Waals surface area (Å²) in [4.78, 5) is 18.5. The lowest BCUT2D eigenvalue weighted by molar-refractivity contribution is 0.340. The highest BCUT2D eigenvalue weighted by Gasteiger charge is 2.05. The Morgan fingerprint density at radius 1 is 1.08 bits per heavy atom. The molecule has 1 aromatic heterocycles. The van der Waals surface area contributed by atoms with Gasteiger partial charge >= 0.3 is 0 Å². The van der Waals surface area contributed by atoms with Gasteiger partial charge in [-0.25, -0.2) is 4.98 Å². The lowest BCUT2D eigenvalue weighted by Gasteiger charge is -2.11. The summed E-state index contributed by atoms with van der Waals surface area (Å²) in [5.74, 6) is 1.61. The highest BCUT2D eigenvalue weighted by molar-refractivity contribution is 7.99. The molecule has 0 radical (unpaired) electrons. The molecule has 0 saturated heterocycles. The molecule has 3 aromatic rings. The Labute approximate surface area is 151 Å². The summed E-state index contributed by atoms with van der Waals surface area (Å²) in [6.07, 6.45) is 0.844. The number of thioether (sulfide) groups is 1. The lowest BCUT2D eigenvalue weighted by Crippen LogP contribution is -2.09. The summed E-state index contributed by atoms with van der Waals surface area (Å²) in [5, 5.41) is 0.631. The maximum Gasteiger partial charge on any atom is 0.251 e.